The molecule has 1 aliphatic heterocycles. The number of hydrogen-bond donors (Lipinski definition) is 2. The van der Waals surface area contributed by atoms with Gasteiger partial charge in [-0.2, -0.15) is 5.10 Å². The van der Waals surface area contributed by atoms with E-state index >= 15 is 0 Å². The first-order valence-corrected chi connectivity index (χ1v) is 22.0. The highest BCUT2D eigenvalue weighted by Crippen LogP contribution is 2.33. The quantitative estimate of drug-likeness (QED) is 0.0557. The molecule has 58 heavy (non-hydrogen) atoms. The second kappa shape index (κ2) is 18.2. The fourth-order valence-corrected chi connectivity index (χ4v) is 9.33. The van der Waals surface area contributed by atoms with Crippen LogP contribution >= 0.6 is 23.4 Å². The highest BCUT2D eigenvalue weighted by atomic mass is 35.5. The summed E-state index contributed by atoms with van der Waals surface area (Å²) in [4.78, 5) is 19.5. The van der Waals surface area contributed by atoms with E-state index in [-0.39, 0.29) is 28.1 Å². The summed E-state index contributed by atoms with van der Waals surface area (Å²) in [6, 6.07) is 36.2. The molecule has 0 aliphatic carbocycles. The van der Waals surface area contributed by atoms with Gasteiger partial charge in [0.15, 0.2) is 5.82 Å². The van der Waals surface area contributed by atoms with Crippen molar-refractivity contribution in [2.24, 2.45) is 7.05 Å². The molecule has 12 nitrogen and oxygen atoms in total. The van der Waals surface area contributed by atoms with E-state index in [1.807, 2.05) is 74.8 Å². The molecule has 6 aromatic rings. The van der Waals surface area contributed by atoms with Gasteiger partial charge < -0.3 is 15.1 Å². The Kier molecular flexibility index (Phi) is 12.9. The zero-order chi connectivity index (χ0) is 40.8. The van der Waals surface area contributed by atoms with E-state index in [2.05, 4.69) is 66.2 Å². The Balaban J connectivity index is 1.02. The molecule has 1 fully saturated rings. The largest absolute Gasteiger partial charge is 0.376 e. The van der Waals surface area contributed by atoms with Crippen molar-refractivity contribution in [2.45, 2.75) is 28.8 Å². The molecule has 7 rings (SSSR count). The molecule has 1 saturated heterocycles. The molecule has 0 radical (unpaired) electrons. The highest BCUT2D eigenvalue weighted by Gasteiger charge is 2.26. The minimum atomic E-state index is -4.24. The number of anilines is 3. The fraction of sp³-hybridized carbons (Fsp3) is 0.279. The maximum Gasteiger partial charge on any atom is 0.293 e. The summed E-state index contributed by atoms with van der Waals surface area (Å²) >= 11 is 7.80. The zero-order valence-corrected chi connectivity index (χ0v) is 35.1. The third-order valence-electron chi connectivity index (χ3n) is 10.3. The predicted octanol–water partition coefficient (Wildman–Crippen LogP) is 8.45. The number of nitro groups is 1. The summed E-state index contributed by atoms with van der Waals surface area (Å²) in [5.41, 5.74) is 5.35. The second-order valence-electron chi connectivity index (χ2n) is 14.7. The molecule has 5 aromatic carbocycles. The lowest BCUT2D eigenvalue weighted by molar-refractivity contribution is -0.384. The Bertz CT molecular complexity index is 2470. The molecule has 302 valence electrons. The Morgan fingerprint density at radius 3 is 2.36 bits per heavy atom. The van der Waals surface area contributed by atoms with Crippen molar-refractivity contribution in [3.8, 4) is 11.1 Å². The van der Waals surface area contributed by atoms with Crippen LogP contribution in [-0.2, 0) is 23.6 Å². The molecule has 0 spiro atoms. The molecule has 2 N–H and O–H groups in total. The van der Waals surface area contributed by atoms with E-state index in [9.17, 15) is 18.5 Å². The van der Waals surface area contributed by atoms with Gasteiger partial charge in [-0.25, -0.2) is 8.42 Å². The average molecular weight is 839 g/mol. The van der Waals surface area contributed by atoms with E-state index < -0.39 is 14.9 Å². The minimum absolute atomic E-state index is 0.108. The number of nitro benzene ring substituents is 1. The van der Waals surface area contributed by atoms with Gasteiger partial charge >= 0.3 is 0 Å². The molecular formula is C43H47ClN8O4S2. The number of piperazine rings is 1. The SMILES string of the molecule is CN(C)CC[C@H](CSc1ccccc1)Nc1ccc(S(=O)(=O)Nc2nn(C)c3cc(N4CCN(Cc5ccccc5-c5ccc(Cl)cc5)CC4)ccc23)cc1[N+](=O)[O-]. The standard InChI is InChI=1S/C43H47ClN8O4S2/c1-48(2)22-21-34(30-57-36-10-5-4-6-11-36)45-40-20-18-37(28-42(40)52(53)54)58(55,56)47-43-39-19-17-35(27-41(39)49(3)46-43)51-25-23-50(24-26-51)29-32-9-7-8-12-38(32)31-13-15-33(44)16-14-31/h4-20,27-28,34,45H,21-26,29-30H2,1-3H3,(H,46,47)/t34-/m1/s1. The molecule has 0 amide bonds. The number of benzene rings is 5. The van der Waals surface area contributed by atoms with Crippen LogP contribution in [0.3, 0.4) is 0 Å². The van der Waals surface area contributed by atoms with Gasteiger partial charge in [-0.15, -0.1) is 11.8 Å². The van der Waals surface area contributed by atoms with Crippen molar-refractivity contribution in [3.63, 3.8) is 0 Å². The monoisotopic (exact) mass is 838 g/mol. The highest BCUT2D eigenvalue weighted by molar-refractivity contribution is 7.99. The molecule has 0 unspecified atom stereocenters. The summed E-state index contributed by atoms with van der Waals surface area (Å²) in [6.07, 6.45) is 0.733. The minimum Gasteiger partial charge on any atom is -0.376 e. The van der Waals surface area contributed by atoms with E-state index in [1.54, 1.807) is 23.5 Å². The number of aryl methyl sites for hydroxylation is 1. The normalized spacial score (nSPS) is 14.2. The third kappa shape index (κ3) is 9.93. The molecule has 1 atom stereocenters. The molecule has 2 heterocycles. The van der Waals surface area contributed by atoms with Crippen molar-refractivity contribution in [2.75, 3.05) is 67.5 Å². The van der Waals surface area contributed by atoms with Crippen LogP contribution in [0.4, 0.5) is 22.9 Å². The molecule has 15 heteroatoms. The summed E-state index contributed by atoms with van der Waals surface area (Å²) in [5, 5.41) is 21.5. The van der Waals surface area contributed by atoms with Gasteiger partial charge in [-0.3, -0.25) is 24.4 Å². The summed E-state index contributed by atoms with van der Waals surface area (Å²) in [6.45, 7) is 5.04. The third-order valence-corrected chi connectivity index (χ3v) is 13.1. The van der Waals surface area contributed by atoms with Crippen LogP contribution in [0.15, 0.2) is 125 Å². The van der Waals surface area contributed by atoms with Crippen LogP contribution in [0, 0.1) is 10.1 Å². The zero-order valence-electron chi connectivity index (χ0n) is 32.7. The Morgan fingerprint density at radius 1 is 0.914 bits per heavy atom. The fourth-order valence-electron chi connectivity index (χ4n) is 7.17. The van der Waals surface area contributed by atoms with Gasteiger partial charge in [0.1, 0.15) is 5.69 Å². The van der Waals surface area contributed by atoms with Gasteiger partial charge in [-0.1, -0.05) is 66.2 Å². The van der Waals surface area contributed by atoms with E-state index in [0.29, 0.717) is 11.1 Å². The van der Waals surface area contributed by atoms with Crippen LogP contribution in [0.1, 0.15) is 12.0 Å². The second-order valence-corrected chi connectivity index (χ2v) is 17.9. The van der Waals surface area contributed by atoms with Gasteiger partial charge in [0.25, 0.3) is 15.7 Å². The number of halogens is 1. The first-order valence-electron chi connectivity index (χ1n) is 19.1. The molecular weight excluding hydrogens is 792 g/mol. The Hall–Kier alpha value is -5.12. The lowest BCUT2D eigenvalue weighted by atomic mass is 9.99. The van der Waals surface area contributed by atoms with Gasteiger partial charge in [0.05, 0.1) is 15.3 Å². The van der Waals surface area contributed by atoms with Crippen LogP contribution in [0.25, 0.3) is 22.0 Å². The lowest BCUT2D eigenvalue weighted by Gasteiger charge is -2.36. The molecule has 0 saturated carbocycles. The number of thioether (sulfide) groups is 1. The van der Waals surface area contributed by atoms with E-state index in [1.165, 1.54) is 23.3 Å². The molecule has 1 aromatic heterocycles. The van der Waals surface area contributed by atoms with Gasteiger partial charge in [-0.05, 0) is 98.3 Å². The van der Waals surface area contributed by atoms with Crippen LogP contribution in [0.2, 0.25) is 5.02 Å². The van der Waals surface area contributed by atoms with Crippen molar-refractivity contribution < 1.29 is 13.3 Å². The molecule has 0 bridgehead atoms. The van der Waals surface area contributed by atoms with E-state index in [4.69, 9.17) is 11.6 Å². The van der Waals surface area contributed by atoms with E-state index in [0.717, 1.165) is 78.4 Å². The average Bonchev–Trinajstić information content (AvgIpc) is 3.52. The van der Waals surface area contributed by atoms with Crippen LogP contribution in [0.5, 0.6) is 0 Å². The summed E-state index contributed by atoms with van der Waals surface area (Å²) in [5.74, 6) is 0.821. The van der Waals surface area contributed by atoms with Crippen molar-refractivity contribution in [1.82, 2.24) is 19.6 Å². The van der Waals surface area contributed by atoms with Crippen molar-refractivity contribution in [1.29, 1.82) is 0 Å². The number of hydrogen-bond acceptors (Lipinski definition) is 10. The smallest absolute Gasteiger partial charge is 0.293 e. The Labute approximate surface area is 349 Å². The number of sulfonamides is 1. The number of nitrogens with one attached hydrogen (secondary N) is 2. The number of nitrogens with zero attached hydrogens (tertiary/aromatic N) is 6. The first kappa shape index (κ1) is 41.1. The number of fused-ring (bicyclic) bond motifs is 1. The number of aromatic nitrogens is 2. The summed E-state index contributed by atoms with van der Waals surface area (Å²) in [7, 11) is 1.50. The maximum atomic E-state index is 13.8. The lowest BCUT2D eigenvalue weighted by Crippen LogP contribution is -2.46. The topological polar surface area (TPSA) is 129 Å². The van der Waals surface area contributed by atoms with Gasteiger partial charge in [0, 0.05) is 78.6 Å². The maximum absolute atomic E-state index is 13.8. The van der Waals surface area contributed by atoms with Crippen LogP contribution in [-0.4, -0.2) is 91.5 Å². The van der Waals surface area contributed by atoms with Gasteiger partial charge in [0.2, 0.25) is 0 Å². The summed E-state index contributed by atoms with van der Waals surface area (Å²) < 4.78 is 31.8. The predicted molar refractivity (Wildman–Crippen MR) is 237 cm³/mol. The first-order chi connectivity index (χ1) is 27.9. The van der Waals surface area contributed by atoms with Crippen molar-refractivity contribution in [3.05, 3.63) is 136 Å². The Morgan fingerprint density at radius 2 is 1.64 bits per heavy atom. The molecule has 1 aliphatic rings. The van der Waals surface area contributed by atoms with Crippen molar-refractivity contribution >= 4 is 67.2 Å². The van der Waals surface area contributed by atoms with Crippen LogP contribution < -0.4 is 14.9 Å². The number of rotatable bonds is 16.